The fourth-order valence-electron chi connectivity index (χ4n) is 1.23. The van der Waals surface area contributed by atoms with Crippen LogP contribution in [0.1, 0.15) is 58.3 Å². The van der Waals surface area contributed by atoms with E-state index in [-0.39, 0.29) is 51.4 Å². The maximum atomic E-state index is 10.1. The van der Waals surface area contributed by atoms with E-state index in [0.717, 1.165) is 12.8 Å². The molecule has 0 bridgehead atoms. The number of hydrogen-bond acceptors (Lipinski definition) is 1. The second-order valence-corrected chi connectivity index (χ2v) is 3.27. The summed E-state index contributed by atoms with van der Waals surface area (Å²) in [4.78, 5) is 10.1. The Morgan fingerprint density at radius 2 is 1.46 bits per heavy atom. The fraction of sp³-hybridized carbons (Fsp3) is 0.900. The van der Waals surface area contributed by atoms with Crippen LogP contribution in [0, 0.1) is 0 Å². The second-order valence-electron chi connectivity index (χ2n) is 3.27. The molecule has 2 nitrogen and oxygen atoms in total. The average Bonchev–Trinajstić information content (AvgIpc) is 2.02. The molecule has 0 aromatic rings. The summed E-state index contributed by atoms with van der Waals surface area (Å²) in [6.07, 6.45) is 8.64. The van der Waals surface area contributed by atoms with Crippen molar-refractivity contribution < 1.29 is 9.90 Å². The number of rotatable bonds is 8. The van der Waals surface area contributed by atoms with Gasteiger partial charge in [-0.2, -0.15) is 0 Å². The van der Waals surface area contributed by atoms with Crippen LogP contribution in [0.15, 0.2) is 0 Å². The van der Waals surface area contributed by atoms with Gasteiger partial charge in [-0.25, -0.2) is 0 Å². The molecule has 0 aromatic carbocycles. The van der Waals surface area contributed by atoms with Crippen molar-refractivity contribution in [3.05, 3.63) is 0 Å². The molecule has 0 heterocycles. The van der Waals surface area contributed by atoms with Crippen LogP contribution < -0.4 is 0 Å². The van der Waals surface area contributed by atoms with Crippen LogP contribution in [0.25, 0.3) is 0 Å². The van der Waals surface area contributed by atoms with E-state index in [2.05, 4.69) is 6.92 Å². The predicted octanol–water partition coefficient (Wildman–Crippen LogP) is 2.56. The number of carboxylic acid groups (broad SMARTS) is 1. The molecular weight excluding hydrogens is 191 g/mol. The van der Waals surface area contributed by atoms with Crippen molar-refractivity contribution in [2.45, 2.75) is 58.3 Å². The Bertz CT molecular complexity index is 115. The van der Waals surface area contributed by atoms with Gasteiger partial charge in [0, 0.05) is 6.42 Å². The molecule has 0 saturated heterocycles. The van der Waals surface area contributed by atoms with E-state index in [1.54, 1.807) is 0 Å². The van der Waals surface area contributed by atoms with Crippen molar-refractivity contribution >= 4 is 57.4 Å². The molecule has 3 heteroatoms. The quantitative estimate of drug-likeness (QED) is 0.496. The van der Waals surface area contributed by atoms with Gasteiger partial charge in [0.2, 0.25) is 0 Å². The molecule has 0 spiro atoms. The molecule has 0 aliphatic carbocycles. The molecule has 13 heavy (non-hydrogen) atoms. The van der Waals surface area contributed by atoms with Crippen molar-refractivity contribution in [3.8, 4) is 0 Å². The zero-order valence-corrected chi connectivity index (χ0v) is 8.01. The van der Waals surface area contributed by atoms with E-state index in [1.165, 1.54) is 32.1 Å². The predicted molar refractivity (Wildman–Crippen MR) is 57.4 cm³/mol. The second kappa shape index (κ2) is 13.1. The van der Waals surface area contributed by atoms with Crippen LogP contribution >= 0.6 is 0 Å². The molecule has 0 amide bonds. The summed E-state index contributed by atoms with van der Waals surface area (Å²) in [5.74, 6) is -0.663. The van der Waals surface area contributed by atoms with Crippen LogP contribution in [0.4, 0.5) is 0 Å². The van der Waals surface area contributed by atoms with Crippen LogP contribution in [0.5, 0.6) is 0 Å². The molecule has 0 radical (unpaired) electrons. The van der Waals surface area contributed by atoms with Crippen LogP contribution in [0.2, 0.25) is 0 Å². The molecule has 0 rings (SSSR count). The van der Waals surface area contributed by atoms with Gasteiger partial charge in [-0.15, -0.1) is 0 Å². The number of unbranched alkanes of at least 4 members (excludes halogenated alkanes) is 6. The van der Waals surface area contributed by atoms with Gasteiger partial charge in [0.05, 0.1) is 0 Å². The van der Waals surface area contributed by atoms with Gasteiger partial charge in [-0.1, -0.05) is 45.4 Å². The molecule has 0 unspecified atom stereocenters. The van der Waals surface area contributed by atoms with Crippen molar-refractivity contribution in [2.24, 2.45) is 0 Å². The van der Waals surface area contributed by atoms with Crippen molar-refractivity contribution in [1.29, 1.82) is 0 Å². The first-order valence-electron chi connectivity index (χ1n) is 4.99. The molecule has 0 aliphatic rings. The minimum atomic E-state index is -0.663. The summed E-state index contributed by atoms with van der Waals surface area (Å²) in [6.45, 7) is 2.20. The number of carboxylic acids is 1. The van der Waals surface area contributed by atoms with Gasteiger partial charge in [-0.3, -0.25) is 4.79 Å². The van der Waals surface area contributed by atoms with Crippen molar-refractivity contribution in [1.82, 2.24) is 0 Å². The van der Waals surface area contributed by atoms with Gasteiger partial charge >= 0.3 is 57.4 Å². The SMILES string of the molecule is CCCCCCCCCC(=O)O.[KH]. The van der Waals surface area contributed by atoms with Crippen molar-refractivity contribution in [3.63, 3.8) is 0 Å². The summed E-state index contributed by atoms with van der Waals surface area (Å²) in [5, 5.41) is 8.35. The molecular formula is C10H21KO2. The van der Waals surface area contributed by atoms with E-state index in [1.807, 2.05) is 0 Å². The maximum absolute atomic E-state index is 10.1. The first kappa shape index (κ1) is 16.5. The van der Waals surface area contributed by atoms with Crippen molar-refractivity contribution in [2.75, 3.05) is 0 Å². The third kappa shape index (κ3) is 15.8. The van der Waals surface area contributed by atoms with Gasteiger partial charge < -0.3 is 5.11 Å². The average molecular weight is 212 g/mol. The Labute approximate surface area is 124 Å². The van der Waals surface area contributed by atoms with E-state index < -0.39 is 5.97 Å². The summed E-state index contributed by atoms with van der Waals surface area (Å²) in [5.41, 5.74) is 0. The zero-order valence-electron chi connectivity index (χ0n) is 8.01. The summed E-state index contributed by atoms with van der Waals surface area (Å²) >= 11 is 0. The summed E-state index contributed by atoms with van der Waals surface area (Å²) in [7, 11) is 0. The third-order valence-electron chi connectivity index (χ3n) is 1.99. The topological polar surface area (TPSA) is 37.3 Å². The Morgan fingerprint density at radius 1 is 1.00 bits per heavy atom. The van der Waals surface area contributed by atoms with Gasteiger partial charge in [-0.05, 0) is 6.42 Å². The van der Waals surface area contributed by atoms with Gasteiger partial charge in [0.1, 0.15) is 0 Å². The van der Waals surface area contributed by atoms with Crippen LogP contribution in [-0.2, 0) is 4.79 Å². The number of hydrogen-bond donors (Lipinski definition) is 1. The Hall–Kier alpha value is 1.11. The van der Waals surface area contributed by atoms with Crippen LogP contribution in [-0.4, -0.2) is 62.5 Å². The van der Waals surface area contributed by atoms with E-state index in [0.29, 0.717) is 6.42 Å². The standard InChI is InChI=1S/C10H20O2.K.H/c1-2-3-4-5-6-7-8-9-10(11)12;;/h2-9H2,1H3,(H,11,12);;. The zero-order chi connectivity index (χ0) is 9.23. The van der Waals surface area contributed by atoms with Gasteiger partial charge in [0.25, 0.3) is 0 Å². The normalized spacial score (nSPS) is 9.31. The van der Waals surface area contributed by atoms with E-state index >= 15 is 0 Å². The molecule has 0 saturated carbocycles. The molecule has 74 valence electrons. The molecule has 0 atom stereocenters. The molecule has 0 fully saturated rings. The third-order valence-corrected chi connectivity index (χ3v) is 1.99. The Balaban J connectivity index is 0. The van der Waals surface area contributed by atoms with E-state index in [9.17, 15) is 4.79 Å². The van der Waals surface area contributed by atoms with Crippen LogP contribution in [0.3, 0.4) is 0 Å². The molecule has 0 aromatic heterocycles. The first-order chi connectivity index (χ1) is 5.77. The minimum absolute atomic E-state index is 0. The molecule has 1 N–H and O–H groups in total. The molecule has 0 aliphatic heterocycles. The number of aliphatic carboxylic acids is 1. The number of carbonyl (C=O) groups is 1. The Morgan fingerprint density at radius 3 is 1.92 bits per heavy atom. The monoisotopic (exact) mass is 212 g/mol. The first-order valence-corrected chi connectivity index (χ1v) is 4.99. The summed E-state index contributed by atoms with van der Waals surface area (Å²) in [6, 6.07) is 0. The Kier molecular flexibility index (Phi) is 16.7. The van der Waals surface area contributed by atoms with Gasteiger partial charge in [0.15, 0.2) is 0 Å². The summed E-state index contributed by atoms with van der Waals surface area (Å²) < 4.78 is 0. The van der Waals surface area contributed by atoms with E-state index in [4.69, 9.17) is 5.11 Å². The fourth-order valence-corrected chi connectivity index (χ4v) is 1.23.